The number of carbonyl (C=O) groups excluding carboxylic acids is 1. The van der Waals surface area contributed by atoms with Gasteiger partial charge in [0.2, 0.25) is 5.91 Å². The van der Waals surface area contributed by atoms with E-state index in [0.29, 0.717) is 45.2 Å². The smallest absolute Gasteiger partial charge is 0.326 e. The zero-order valence-electron chi connectivity index (χ0n) is 12.1. The van der Waals surface area contributed by atoms with Crippen molar-refractivity contribution in [2.75, 3.05) is 13.1 Å². The number of carboxylic acids is 1. The number of carboxylic acid groups (broad SMARTS) is 1. The van der Waals surface area contributed by atoms with Crippen molar-refractivity contribution in [2.24, 2.45) is 27.9 Å². The molecule has 0 fully saturated rings. The molecule has 0 bridgehead atoms. The lowest BCUT2D eigenvalue weighted by Crippen LogP contribution is -2.48. The molecule has 10 N–H and O–H groups in total. The zero-order chi connectivity index (χ0) is 16.3. The van der Waals surface area contributed by atoms with Gasteiger partial charge >= 0.3 is 5.97 Å². The molecular formula is C12H26N6O3. The topological polar surface area (TPSA) is 183 Å². The minimum absolute atomic E-state index is 0.0149. The minimum Gasteiger partial charge on any atom is -0.480 e. The number of aliphatic carboxylic acids is 1. The van der Waals surface area contributed by atoms with Gasteiger partial charge in [-0.3, -0.25) is 9.79 Å². The lowest BCUT2D eigenvalue weighted by atomic mass is 10.1. The monoisotopic (exact) mass is 302 g/mol. The van der Waals surface area contributed by atoms with Crippen molar-refractivity contribution in [1.82, 2.24) is 5.32 Å². The molecule has 122 valence electrons. The first-order valence-corrected chi connectivity index (χ1v) is 6.92. The fourth-order valence-corrected chi connectivity index (χ4v) is 1.68. The van der Waals surface area contributed by atoms with E-state index < -0.39 is 24.0 Å². The number of hydrogen-bond acceptors (Lipinski definition) is 5. The molecule has 0 spiro atoms. The van der Waals surface area contributed by atoms with E-state index in [1.807, 2.05) is 0 Å². The van der Waals surface area contributed by atoms with Gasteiger partial charge in [0.25, 0.3) is 0 Å². The van der Waals surface area contributed by atoms with Crippen molar-refractivity contribution in [3.05, 3.63) is 0 Å². The summed E-state index contributed by atoms with van der Waals surface area (Å²) in [5.74, 6) is -1.58. The van der Waals surface area contributed by atoms with Crippen LogP contribution in [0.25, 0.3) is 0 Å². The van der Waals surface area contributed by atoms with E-state index in [1.165, 1.54) is 0 Å². The van der Waals surface area contributed by atoms with Crippen LogP contribution >= 0.6 is 0 Å². The van der Waals surface area contributed by atoms with Crippen LogP contribution in [0.2, 0.25) is 0 Å². The van der Waals surface area contributed by atoms with E-state index in [4.69, 9.17) is 28.0 Å². The summed E-state index contributed by atoms with van der Waals surface area (Å²) in [5, 5.41) is 11.5. The Labute approximate surface area is 124 Å². The van der Waals surface area contributed by atoms with Crippen LogP contribution in [0.4, 0.5) is 0 Å². The number of rotatable bonds is 11. The van der Waals surface area contributed by atoms with Crippen LogP contribution in [0.15, 0.2) is 4.99 Å². The van der Waals surface area contributed by atoms with Gasteiger partial charge in [-0.2, -0.15) is 0 Å². The number of amides is 1. The Kier molecular flexibility index (Phi) is 9.90. The first kappa shape index (κ1) is 19.1. The predicted octanol–water partition coefficient (Wildman–Crippen LogP) is -1.93. The van der Waals surface area contributed by atoms with E-state index in [0.717, 1.165) is 0 Å². The summed E-state index contributed by atoms with van der Waals surface area (Å²) in [7, 11) is 0. The molecule has 0 aromatic carbocycles. The van der Waals surface area contributed by atoms with Gasteiger partial charge in [-0.1, -0.05) is 0 Å². The van der Waals surface area contributed by atoms with Gasteiger partial charge in [0.15, 0.2) is 5.96 Å². The molecule has 21 heavy (non-hydrogen) atoms. The summed E-state index contributed by atoms with van der Waals surface area (Å²) in [4.78, 5) is 26.6. The molecule has 0 aromatic rings. The standard InChI is InChI=1S/C12H26N6O3/c13-6-2-1-5-9(11(20)21)18-10(19)8(14)4-3-7-17-12(15)16/h8-9H,1-7,13-14H2,(H,18,19)(H,20,21)(H4,15,16,17)/t8-,9-/m0/s1. The van der Waals surface area contributed by atoms with Crippen molar-refractivity contribution in [3.63, 3.8) is 0 Å². The maximum atomic E-state index is 11.8. The molecular weight excluding hydrogens is 276 g/mol. The molecule has 1 amide bonds. The highest BCUT2D eigenvalue weighted by Crippen LogP contribution is 2.02. The van der Waals surface area contributed by atoms with Crippen LogP contribution in [0.1, 0.15) is 32.1 Å². The normalized spacial score (nSPS) is 13.2. The molecule has 0 aromatic heterocycles. The molecule has 0 radical (unpaired) electrons. The second kappa shape index (κ2) is 10.9. The number of aliphatic imine (C=N–C) groups is 1. The Hall–Kier alpha value is -1.87. The molecule has 0 unspecified atom stereocenters. The Morgan fingerprint density at radius 2 is 1.81 bits per heavy atom. The summed E-state index contributed by atoms with van der Waals surface area (Å²) in [6.07, 6.45) is 2.59. The van der Waals surface area contributed by atoms with Crippen LogP contribution in [-0.4, -0.2) is 48.1 Å². The quantitative estimate of drug-likeness (QED) is 0.146. The van der Waals surface area contributed by atoms with Gasteiger partial charge in [0, 0.05) is 6.54 Å². The first-order valence-electron chi connectivity index (χ1n) is 6.92. The highest BCUT2D eigenvalue weighted by Gasteiger charge is 2.22. The molecule has 2 atom stereocenters. The molecule has 9 nitrogen and oxygen atoms in total. The van der Waals surface area contributed by atoms with Crippen LogP contribution in [-0.2, 0) is 9.59 Å². The highest BCUT2D eigenvalue weighted by atomic mass is 16.4. The lowest BCUT2D eigenvalue weighted by Gasteiger charge is -2.17. The van der Waals surface area contributed by atoms with Crippen LogP contribution < -0.4 is 28.3 Å². The zero-order valence-corrected chi connectivity index (χ0v) is 12.1. The second-order valence-electron chi connectivity index (χ2n) is 4.74. The number of nitrogens with one attached hydrogen (secondary N) is 1. The number of unbranched alkanes of at least 4 members (excludes halogenated alkanes) is 1. The molecule has 0 aliphatic rings. The van der Waals surface area contributed by atoms with Crippen LogP contribution in [0.3, 0.4) is 0 Å². The minimum atomic E-state index is -1.08. The third kappa shape index (κ3) is 9.63. The van der Waals surface area contributed by atoms with E-state index in [-0.39, 0.29) is 5.96 Å². The van der Waals surface area contributed by atoms with Gasteiger partial charge in [0.05, 0.1) is 6.04 Å². The summed E-state index contributed by atoms with van der Waals surface area (Å²) in [6.45, 7) is 0.868. The first-order chi connectivity index (χ1) is 9.88. The number of carbonyl (C=O) groups is 2. The van der Waals surface area contributed by atoms with Gasteiger partial charge in [-0.25, -0.2) is 4.79 Å². The number of guanidine groups is 1. The molecule has 0 saturated carbocycles. The fraction of sp³-hybridized carbons (Fsp3) is 0.750. The van der Waals surface area contributed by atoms with Crippen LogP contribution in [0.5, 0.6) is 0 Å². The van der Waals surface area contributed by atoms with Gasteiger partial charge in [0.1, 0.15) is 6.04 Å². The largest absolute Gasteiger partial charge is 0.480 e. The second-order valence-corrected chi connectivity index (χ2v) is 4.74. The average Bonchev–Trinajstić information content (AvgIpc) is 2.41. The number of hydrogen-bond donors (Lipinski definition) is 6. The van der Waals surface area contributed by atoms with E-state index in [2.05, 4.69) is 10.3 Å². The summed E-state index contributed by atoms with van der Waals surface area (Å²) in [5.41, 5.74) is 21.4. The third-order valence-electron chi connectivity index (χ3n) is 2.87. The van der Waals surface area contributed by atoms with E-state index >= 15 is 0 Å². The third-order valence-corrected chi connectivity index (χ3v) is 2.87. The van der Waals surface area contributed by atoms with Gasteiger partial charge in [-0.05, 0) is 38.6 Å². The maximum absolute atomic E-state index is 11.8. The Morgan fingerprint density at radius 3 is 2.33 bits per heavy atom. The highest BCUT2D eigenvalue weighted by molar-refractivity contribution is 5.86. The summed E-state index contributed by atoms with van der Waals surface area (Å²) >= 11 is 0. The summed E-state index contributed by atoms with van der Waals surface area (Å²) < 4.78 is 0. The number of nitrogens with zero attached hydrogens (tertiary/aromatic N) is 1. The van der Waals surface area contributed by atoms with Crippen molar-refractivity contribution < 1.29 is 14.7 Å². The molecule has 0 rings (SSSR count). The molecule has 0 saturated heterocycles. The Morgan fingerprint density at radius 1 is 1.14 bits per heavy atom. The van der Waals surface area contributed by atoms with Crippen molar-refractivity contribution in [2.45, 2.75) is 44.2 Å². The van der Waals surface area contributed by atoms with E-state index in [1.54, 1.807) is 0 Å². The lowest BCUT2D eigenvalue weighted by molar-refractivity contribution is -0.142. The van der Waals surface area contributed by atoms with Crippen molar-refractivity contribution in [3.8, 4) is 0 Å². The fourth-order valence-electron chi connectivity index (χ4n) is 1.68. The predicted molar refractivity (Wildman–Crippen MR) is 80.4 cm³/mol. The van der Waals surface area contributed by atoms with Gasteiger partial charge < -0.3 is 33.4 Å². The average molecular weight is 302 g/mol. The van der Waals surface area contributed by atoms with E-state index in [9.17, 15) is 9.59 Å². The Balaban J connectivity index is 4.15. The van der Waals surface area contributed by atoms with Crippen molar-refractivity contribution in [1.29, 1.82) is 0 Å². The molecule has 0 aliphatic heterocycles. The molecule has 0 heterocycles. The summed E-state index contributed by atoms with van der Waals surface area (Å²) in [6, 6.07) is -1.72. The van der Waals surface area contributed by atoms with Crippen LogP contribution in [0, 0.1) is 0 Å². The SMILES string of the molecule is NCCCC[C@H](NC(=O)[C@@H](N)CCCN=C(N)N)C(=O)O. The van der Waals surface area contributed by atoms with Gasteiger partial charge in [-0.15, -0.1) is 0 Å². The number of nitrogens with two attached hydrogens (primary N) is 4. The molecule has 0 aliphatic carbocycles. The Bertz CT molecular complexity index is 357. The molecule has 9 heteroatoms. The maximum Gasteiger partial charge on any atom is 0.326 e. The van der Waals surface area contributed by atoms with Crippen molar-refractivity contribution >= 4 is 17.8 Å².